The number of benzene rings is 1. The summed E-state index contributed by atoms with van der Waals surface area (Å²) in [5, 5.41) is 10.8. The van der Waals surface area contributed by atoms with Gasteiger partial charge in [-0.15, -0.1) is 0 Å². The van der Waals surface area contributed by atoms with Gasteiger partial charge in [0.25, 0.3) is 0 Å². The maximum absolute atomic E-state index is 13.3. The smallest absolute Gasteiger partial charge is 0.549 e. The molecule has 15 heavy (non-hydrogen) atoms. The average molecular weight is 202 g/mol. The largest absolute Gasteiger partial charge is 1.00 e. The fourth-order valence-electron chi connectivity index (χ4n) is 1.49. The van der Waals surface area contributed by atoms with E-state index in [1.165, 1.54) is 18.2 Å². The van der Waals surface area contributed by atoms with E-state index < -0.39 is 17.7 Å². The molecule has 0 amide bonds. The van der Waals surface area contributed by atoms with Gasteiger partial charge in [-0.1, -0.05) is 32.0 Å². The Morgan fingerprint density at radius 3 is 2.27 bits per heavy atom. The molecule has 0 saturated carbocycles. The first-order chi connectivity index (χ1) is 6.54. The van der Waals surface area contributed by atoms with Gasteiger partial charge in [-0.05, 0) is 17.5 Å². The van der Waals surface area contributed by atoms with Gasteiger partial charge in [0.15, 0.2) is 0 Å². The molecule has 0 spiro atoms. The van der Waals surface area contributed by atoms with E-state index in [4.69, 9.17) is 0 Å². The topological polar surface area (TPSA) is 40.1 Å². The van der Waals surface area contributed by atoms with E-state index in [2.05, 4.69) is 0 Å². The first-order valence-electron chi connectivity index (χ1n) is 4.49. The SMILES string of the molecule is CC(C)C(C(=O)[O-])c1ccccc1F.[Li+]. The van der Waals surface area contributed by atoms with Crippen molar-refractivity contribution in [1.29, 1.82) is 0 Å². The Hall–Kier alpha value is -0.783. The van der Waals surface area contributed by atoms with E-state index in [9.17, 15) is 14.3 Å². The quantitative estimate of drug-likeness (QED) is 0.549. The molecule has 0 aliphatic heterocycles. The van der Waals surface area contributed by atoms with E-state index >= 15 is 0 Å². The Morgan fingerprint density at radius 2 is 1.87 bits per heavy atom. The normalized spacial score (nSPS) is 12.0. The van der Waals surface area contributed by atoms with Gasteiger partial charge in [0, 0.05) is 11.9 Å². The second-order valence-corrected chi connectivity index (χ2v) is 3.56. The minimum Gasteiger partial charge on any atom is -0.549 e. The molecule has 1 aromatic carbocycles. The van der Waals surface area contributed by atoms with Crippen molar-refractivity contribution in [2.75, 3.05) is 0 Å². The molecule has 1 atom stereocenters. The summed E-state index contributed by atoms with van der Waals surface area (Å²) in [5.74, 6) is -2.78. The molecule has 0 fully saturated rings. The number of halogens is 1. The molecule has 76 valence electrons. The van der Waals surface area contributed by atoms with Crippen molar-refractivity contribution in [3.63, 3.8) is 0 Å². The van der Waals surface area contributed by atoms with Crippen molar-refractivity contribution in [2.24, 2.45) is 5.92 Å². The molecule has 0 aliphatic rings. The molecule has 1 rings (SSSR count). The summed E-state index contributed by atoms with van der Waals surface area (Å²) >= 11 is 0. The average Bonchev–Trinajstić information content (AvgIpc) is 2.07. The molecular weight excluding hydrogens is 190 g/mol. The van der Waals surface area contributed by atoms with Gasteiger partial charge in [-0.25, -0.2) is 4.39 Å². The van der Waals surface area contributed by atoms with Crippen molar-refractivity contribution in [2.45, 2.75) is 19.8 Å². The summed E-state index contributed by atoms with van der Waals surface area (Å²) in [7, 11) is 0. The Balaban J connectivity index is 0.00000196. The fraction of sp³-hybridized carbons (Fsp3) is 0.364. The Bertz CT molecular complexity index is 339. The maximum atomic E-state index is 13.3. The molecular formula is C11H12FLiO2. The number of hydrogen-bond acceptors (Lipinski definition) is 2. The van der Waals surface area contributed by atoms with Crippen LogP contribution in [-0.4, -0.2) is 5.97 Å². The van der Waals surface area contributed by atoms with Crippen LogP contribution in [0.25, 0.3) is 0 Å². The molecule has 0 N–H and O–H groups in total. The van der Waals surface area contributed by atoms with Crippen molar-refractivity contribution < 1.29 is 33.2 Å². The van der Waals surface area contributed by atoms with Crippen LogP contribution in [0.1, 0.15) is 25.3 Å². The third kappa shape index (κ3) is 3.37. The number of carbonyl (C=O) groups is 1. The summed E-state index contributed by atoms with van der Waals surface area (Å²) in [4.78, 5) is 10.8. The van der Waals surface area contributed by atoms with E-state index in [1.807, 2.05) is 0 Å². The standard InChI is InChI=1S/C11H13FO2.Li/c1-7(2)10(11(13)14)8-5-3-4-6-9(8)12;/h3-7,10H,1-2H3,(H,13,14);/q;+1/p-1. The third-order valence-corrected chi connectivity index (χ3v) is 2.16. The Morgan fingerprint density at radius 1 is 1.33 bits per heavy atom. The second-order valence-electron chi connectivity index (χ2n) is 3.56. The zero-order valence-electron chi connectivity index (χ0n) is 9.16. The van der Waals surface area contributed by atoms with Gasteiger partial charge in [-0.3, -0.25) is 0 Å². The van der Waals surface area contributed by atoms with Gasteiger partial charge in [0.2, 0.25) is 0 Å². The predicted molar refractivity (Wildman–Crippen MR) is 49.0 cm³/mol. The number of rotatable bonds is 3. The fourth-order valence-corrected chi connectivity index (χ4v) is 1.49. The van der Waals surface area contributed by atoms with Gasteiger partial charge >= 0.3 is 18.9 Å². The van der Waals surface area contributed by atoms with Crippen LogP contribution in [0.3, 0.4) is 0 Å². The van der Waals surface area contributed by atoms with Gasteiger partial charge < -0.3 is 9.90 Å². The number of carbonyl (C=O) groups excluding carboxylic acids is 1. The van der Waals surface area contributed by atoms with Crippen LogP contribution in [0.5, 0.6) is 0 Å². The number of carboxylic acids is 1. The molecule has 0 heterocycles. The monoisotopic (exact) mass is 202 g/mol. The minimum atomic E-state index is -1.23. The van der Waals surface area contributed by atoms with Gasteiger partial charge in [0.05, 0.1) is 0 Å². The van der Waals surface area contributed by atoms with E-state index in [0.29, 0.717) is 0 Å². The van der Waals surface area contributed by atoms with Crippen LogP contribution in [0, 0.1) is 11.7 Å². The molecule has 1 aromatic rings. The number of aliphatic carboxylic acids is 1. The van der Waals surface area contributed by atoms with Gasteiger partial charge in [0.1, 0.15) is 5.82 Å². The van der Waals surface area contributed by atoms with Crippen LogP contribution >= 0.6 is 0 Å². The zero-order valence-corrected chi connectivity index (χ0v) is 9.16. The van der Waals surface area contributed by atoms with Crippen molar-refractivity contribution in [3.05, 3.63) is 35.6 Å². The summed E-state index contributed by atoms with van der Waals surface area (Å²) < 4.78 is 13.3. The van der Waals surface area contributed by atoms with Crippen LogP contribution in [-0.2, 0) is 4.79 Å². The first kappa shape index (κ1) is 14.2. The molecule has 0 bridgehead atoms. The Labute approximate surface area is 101 Å². The summed E-state index contributed by atoms with van der Waals surface area (Å²) in [5.41, 5.74) is 0.197. The van der Waals surface area contributed by atoms with E-state index in [1.54, 1.807) is 19.9 Å². The van der Waals surface area contributed by atoms with Crippen LogP contribution in [0.15, 0.2) is 24.3 Å². The molecule has 2 nitrogen and oxygen atoms in total. The van der Waals surface area contributed by atoms with Crippen molar-refractivity contribution >= 4 is 5.97 Å². The summed E-state index contributed by atoms with van der Waals surface area (Å²) in [6.45, 7) is 3.46. The van der Waals surface area contributed by atoms with E-state index in [-0.39, 0.29) is 30.3 Å². The third-order valence-electron chi connectivity index (χ3n) is 2.16. The summed E-state index contributed by atoms with van der Waals surface area (Å²) in [6, 6.07) is 5.89. The molecule has 0 radical (unpaired) electrons. The van der Waals surface area contributed by atoms with Crippen LogP contribution in [0.4, 0.5) is 4.39 Å². The number of carboxylic acid groups (broad SMARTS) is 1. The molecule has 1 unspecified atom stereocenters. The van der Waals surface area contributed by atoms with Gasteiger partial charge in [-0.2, -0.15) is 0 Å². The predicted octanol–water partition coefficient (Wildman–Crippen LogP) is -1.68. The molecule has 0 aliphatic carbocycles. The minimum absolute atomic E-state index is 0. The van der Waals surface area contributed by atoms with E-state index in [0.717, 1.165) is 0 Å². The molecule has 0 aromatic heterocycles. The van der Waals surface area contributed by atoms with Crippen molar-refractivity contribution in [1.82, 2.24) is 0 Å². The number of hydrogen-bond donors (Lipinski definition) is 0. The summed E-state index contributed by atoms with van der Waals surface area (Å²) in [6.07, 6.45) is 0. The first-order valence-corrected chi connectivity index (χ1v) is 4.49. The maximum Gasteiger partial charge on any atom is 1.00 e. The molecule has 4 heteroatoms. The zero-order chi connectivity index (χ0) is 10.7. The van der Waals surface area contributed by atoms with Crippen LogP contribution < -0.4 is 24.0 Å². The second kappa shape index (κ2) is 5.94. The molecule has 0 saturated heterocycles. The van der Waals surface area contributed by atoms with Crippen LogP contribution in [0.2, 0.25) is 0 Å². The Kier molecular flexibility index (Phi) is 5.63. The van der Waals surface area contributed by atoms with Crippen molar-refractivity contribution in [3.8, 4) is 0 Å².